The van der Waals surface area contributed by atoms with E-state index < -0.39 is 67.4 Å². The molecule has 0 aliphatic carbocycles. The van der Waals surface area contributed by atoms with Crippen molar-refractivity contribution >= 4 is 11.9 Å². The van der Waals surface area contributed by atoms with Crippen molar-refractivity contribution in [2.75, 3.05) is 13.2 Å². The molecular weight excluding hydrogens is 1060 g/mol. The van der Waals surface area contributed by atoms with Crippen LogP contribution in [-0.2, 0) is 23.8 Å². The third-order valence-electron chi connectivity index (χ3n) is 16.3. The van der Waals surface area contributed by atoms with E-state index in [2.05, 4.69) is 99.0 Å². The molecule has 1 aliphatic heterocycles. The highest BCUT2D eigenvalue weighted by Crippen LogP contribution is 2.26. The summed E-state index contributed by atoms with van der Waals surface area (Å²) in [5.74, 6) is -1.21. The van der Waals surface area contributed by atoms with Crippen molar-refractivity contribution < 1.29 is 49.3 Å². The molecule has 8 unspecified atom stereocenters. The van der Waals surface area contributed by atoms with Crippen LogP contribution in [0.25, 0.3) is 0 Å². The molecule has 0 aromatic carbocycles. The SMILES string of the molecule is CC/C=C\C/C=C\C/C=C\C/C=C\C/C=C\C/C=C\CCCCCC(O)C(=O)NC(COC1OC(CO)C(O)C(O)C1OC(=O)CCCCCCCCCCCCCCCCCCCCCCC)C(O)/C=C/CCCCCCCCCCCCC. The topological polar surface area (TPSA) is 175 Å². The maximum atomic E-state index is 13.5. The Labute approximate surface area is 521 Å². The average Bonchev–Trinajstić information content (AvgIpc) is 3.19. The average molecular weight is 1190 g/mol. The molecular formula is C74H131NO10. The van der Waals surface area contributed by atoms with Gasteiger partial charge in [-0.05, 0) is 77.0 Å². The first-order chi connectivity index (χ1) is 41.7. The van der Waals surface area contributed by atoms with E-state index in [9.17, 15) is 35.1 Å². The molecule has 1 rings (SSSR count). The fourth-order valence-electron chi connectivity index (χ4n) is 10.8. The molecule has 8 atom stereocenters. The van der Waals surface area contributed by atoms with Crippen LogP contribution in [0.2, 0.25) is 0 Å². The molecule has 85 heavy (non-hydrogen) atoms. The maximum absolute atomic E-state index is 13.5. The molecule has 0 aromatic heterocycles. The third-order valence-corrected chi connectivity index (χ3v) is 16.3. The number of hydrogen-bond acceptors (Lipinski definition) is 10. The van der Waals surface area contributed by atoms with Crippen molar-refractivity contribution in [3.63, 3.8) is 0 Å². The van der Waals surface area contributed by atoms with Gasteiger partial charge in [0.15, 0.2) is 12.4 Å². The summed E-state index contributed by atoms with van der Waals surface area (Å²) < 4.78 is 17.7. The number of aliphatic hydroxyl groups is 5. The van der Waals surface area contributed by atoms with Crippen molar-refractivity contribution in [3.8, 4) is 0 Å². The van der Waals surface area contributed by atoms with Crippen LogP contribution in [0.4, 0.5) is 0 Å². The van der Waals surface area contributed by atoms with Crippen LogP contribution in [0.15, 0.2) is 85.1 Å². The van der Waals surface area contributed by atoms with Gasteiger partial charge in [0, 0.05) is 6.42 Å². The number of aliphatic hydroxyl groups excluding tert-OH is 5. The Bertz CT molecular complexity index is 1710. The van der Waals surface area contributed by atoms with Crippen LogP contribution in [0.3, 0.4) is 0 Å². The van der Waals surface area contributed by atoms with E-state index in [1.165, 1.54) is 167 Å². The first-order valence-corrected chi connectivity index (χ1v) is 35.4. The minimum atomic E-state index is -1.62. The van der Waals surface area contributed by atoms with E-state index in [1.807, 2.05) is 6.08 Å². The fraction of sp³-hybridized carbons (Fsp3) is 0.784. The molecule has 0 radical (unpaired) electrons. The van der Waals surface area contributed by atoms with Crippen LogP contribution >= 0.6 is 0 Å². The summed E-state index contributed by atoms with van der Waals surface area (Å²) in [5.41, 5.74) is 0. The summed E-state index contributed by atoms with van der Waals surface area (Å²) in [4.78, 5) is 26.7. The van der Waals surface area contributed by atoms with Crippen LogP contribution in [0, 0.1) is 0 Å². The summed E-state index contributed by atoms with van der Waals surface area (Å²) >= 11 is 0. The van der Waals surface area contributed by atoms with Gasteiger partial charge in [-0.25, -0.2) is 0 Å². The van der Waals surface area contributed by atoms with Crippen molar-refractivity contribution in [1.29, 1.82) is 0 Å². The normalized spacial score (nSPS) is 18.9. The van der Waals surface area contributed by atoms with E-state index in [-0.39, 0.29) is 19.4 Å². The zero-order valence-corrected chi connectivity index (χ0v) is 54.7. The predicted molar refractivity (Wildman–Crippen MR) is 356 cm³/mol. The monoisotopic (exact) mass is 1190 g/mol. The molecule has 1 saturated heterocycles. The van der Waals surface area contributed by atoms with Gasteiger partial charge in [-0.2, -0.15) is 0 Å². The van der Waals surface area contributed by atoms with Crippen LogP contribution in [0.1, 0.15) is 310 Å². The summed E-state index contributed by atoms with van der Waals surface area (Å²) in [7, 11) is 0. The van der Waals surface area contributed by atoms with Crippen LogP contribution in [0.5, 0.6) is 0 Å². The van der Waals surface area contributed by atoms with Gasteiger partial charge in [-0.3, -0.25) is 9.59 Å². The number of rotatable bonds is 60. The zero-order valence-electron chi connectivity index (χ0n) is 54.7. The molecule has 0 saturated carbocycles. The summed E-state index contributed by atoms with van der Waals surface area (Å²) in [5, 5.41) is 57.2. The molecule has 1 amide bonds. The molecule has 0 bridgehead atoms. The Morgan fingerprint density at radius 3 is 1.27 bits per heavy atom. The van der Waals surface area contributed by atoms with Crippen molar-refractivity contribution in [2.24, 2.45) is 0 Å². The molecule has 1 fully saturated rings. The van der Waals surface area contributed by atoms with Gasteiger partial charge in [-0.15, -0.1) is 0 Å². The first kappa shape index (κ1) is 79.9. The summed E-state index contributed by atoms with van der Waals surface area (Å²) in [6.07, 6.45) is 70.5. The molecule has 0 aromatic rings. The fourth-order valence-corrected chi connectivity index (χ4v) is 10.8. The Kier molecular flexibility index (Phi) is 57.4. The number of carbonyl (C=O) groups is 2. The smallest absolute Gasteiger partial charge is 0.306 e. The zero-order chi connectivity index (χ0) is 61.7. The highest BCUT2D eigenvalue weighted by atomic mass is 16.7. The van der Waals surface area contributed by atoms with Crippen molar-refractivity contribution in [1.82, 2.24) is 5.32 Å². The second kappa shape index (κ2) is 61.1. The Morgan fingerprint density at radius 2 is 0.847 bits per heavy atom. The Balaban J connectivity index is 2.63. The molecule has 11 nitrogen and oxygen atoms in total. The van der Waals surface area contributed by atoms with E-state index in [1.54, 1.807) is 6.08 Å². The number of esters is 1. The standard InChI is InChI=1S/C74H131NO10/c1-4-7-10-13-16-19-22-25-27-29-31-33-35-36-38-40-43-46-49-52-55-58-61-67(78)73(82)75-65(66(77)60-57-54-51-48-45-42-24-21-18-15-12-9-6-3)64-83-74-72(71(81)70(80)68(63-76)84-74)85-69(79)62-59-56-53-50-47-44-41-39-37-34-32-30-28-26-23-20-17-14-11-8-5-2/h7,10,16,19,25,27,31,33,36,38,43,46,57,60,65-68,70-72,74,76-78,80-81H,4-6,8-9,11-15,17-18,20-24,26,28-30,32,34-35,37,39-42,44-45,47-56,58-59,61-64H2,1-3H3,(H,75,82)/b10-7-,19-16-,27-25-,33-31-,38-36-,46-43-,60-57+. The summed E-state index contributed by atoms with van der Waals surface area (Å²) in [6, 6.07) is -1.04. The lowest BCUT2D eigenvalue weighted by Gasteiger charge is -2.41. The van der Waals surface area contributed by atoms with Gasteiger partial charge >= 0.3 is 5.97 Å². The second-order valence-electron chi connectivity index (χ2n) is 24.2. The number of carbonyl (C=O) groups excluding carboxylic acids is 2. The second-order valence-corrected chi connectivity index (χ2v) is 24.2. The Morgan fingerprint density at radius 1 is 0.471 bits per heavy atom. The third kappa shape index (κ3) is 48.4. The van der Waals surface area contributed by atoms with Gasteiger partial charge in [0.05, 0.1) is 25.4 Å². The lowest BCUT2D eigenvalue weighted by atomic mass is 9.99. The largest absolute Gasteiger partial charge is 0.454 e. The van der Waals surface area contributed by atoms with E-state index in [0.29, 0.717) is 12.8 Å². The van der Waals surface area contributed by atoms with E-state index in [4.69, 9.17) is 14.2 Å². The number of nitrogens with one attached hydrogen (secondary N) is 1. The van der Waals surface area contributed by atoms with Crippen LogP contribution in [-0.4, -0.2) is 99.6 Å². The van der Waals surface area contributed by atoms with Crippen molar-refractivity contribution in [2.45, 2.75) is 359 Å². The highest BCUT2D eigenvalue weighted by Gasteiger charge is 2.47. The lowest BCUT2D eigenvalue weighted by Crippen LogP contribution is -2.61. The molecule has 492 valence electrons. The number of hydrogen-bond donors (Lipinski definition) is 6. The lowest BCUT2D eigenvalue weighted by molar-refractivity contribution is -0.305. The van der Waals surface area contributed by atoms with Gasteiger partial charge in [0.1, 0.15) is 24.4 Å². The van der Waals surface area contributed by atoms with Gasteiger partial charge < -0.3 is 45.1 Å². The minimum absolute atomic E-state index is 0.121. The van der Waals surface area contributed by atoms with E-state index >= 15 is 0 Å². The predicted octanol–water partition coefficient (Wildman–Crippen LogP) is 18.1. The molecule has 11 heteroatoms. The number of ether oxygens (including phenoxy) is 3. The molecule has 6 N–H and O–H groups in total. The minimum Gasteiger partial charge on any atom is -0.454 e. The van der Waals surface area contributed by atoms with Gasteiger partial charge in [-0.1, -0.05) is 311 Å². The molecule has 1 aliphatic rings. The van der Waals surface area contributed by atoms with Crippen molar-refractivity contribution in [3.05, 3.63) is 85.1 Å². The van der Waals surface area contributed by atoms with E-state index in [0.717, 1.165) is 96.3 Å². The molecule has 1 heterocycles. The molecule has 0 spiro atoms. The summed E-state index contributed by atoms with van der Waals surface area (Å²) in [6.45, 7) is 5.70. The number of unbranched alkanes of at least 4 members (excludes halogenated alkanes) is 34. The number of amides is 1. The van der Waals surface area contributed by atoms with Crippen LogP contribution < -0.4 is 5.32 Å². The highest BCUT2D eigenvalue weighted by molar-refractivity contribution is 5.80. The first-order valence-electron chi connectivity index (χ1n) is 35.4. The maximum Gasteiger partial charge on any atom is 0.306 e. The number of allylic oxidation sites excluding steroid dienone is 13. The Hall–Kier alpha value is -3.16. The van der Waals surface area contributed by atoms with Gasteiger partial charge in [0.2, 0.25) is 5.91 Å². The quantitative estimate of drug-likeness (QED) is 0.0195. The van der Waals surface area contributed by atoms with Gasteiger partial charge in [0.25, 0.3) is 0 Å².